The van der Waals surface area contributed by atoms with Crippen LogP contribution in [-0.4, -0.2) is 33.9 Å². The van der Waals surface area contributed by atoms with E-state index in [4.69, 9.17) is 29.6 Å². The highest BCUT2D eigenvalue weighted by atomic mass is 35.5. The largest absolute Gasteiger partial charge is 0.365 e. The molecular weight excluding hydrogens is 420 g/mol. The normalized spacial score (nSPS) is 43.3. The van der Waals surface area contributed by atoms with Crippen LogP contribution in [0.3, 0.4) is 0 Å². The summed E-state index contributed by atoms with van der Waals surface area (Å²) in [6, 6.07) is 11.6. The molecule has 5 aliphatic rings. The molecule has 2 nitrogen and oxygen atoms in total. The maximum Gasteiger partial charge on any atom is 0.0842 e. The van der Waals surface area contributed by atoms with Gasteiger partial charge in [-0.3, -0.25) is 0 Å². The van der Waals surface area contributed by atoms with Crippen molar-refractivity contribution in [2.45, 2.75) is 88.5 Å². The average molecular weight is 459 g/mol. The lowest BCUT2D eigenvalue weighted by Gasteiger charge is -2.68. The number of nitrogens with two attached hydrogens (primary N) is 1. The first-order valence-electron chi connectivity index (χ1n) is 12.4. The van der Waals surface area contributed by atoms with Crippen LogP contribution in [-0.2, 0) is 5.41 Å². The summed E-state index contributed by atoms with van der Waals surface area (Å²) in [7, 11) is 0. The smallest absolute Gasteiger partial charge is 0.0842 e. The molecule has 4 saturated carbocycles. The van der Waals surface area contributed by atoms with Gasteiger partial charge < -0.3 is 10.6 Å². The van der Waals surface area contributed by atoms with Crippen LogP contribution in [0.15, 0.2) is 30.3 Å². The molecule has 31 heavy (non-hydrogen) atoms. The Morgan fingerprint density at radius 1 is 1.13 bits per heavy atom. The summed E-state index contributed by atoms with van der Waals surface area (Å²) in [4.78, 5) is 3.74. The summed E-state index contributed by atoms with van der Waals surface area (Å²) in [6.07, 6.45) is 9.39. The molecule has 4 heteroatoms. The molecule has 1 aromatic carbocycles. The summed E-state index contributed by atoms with van der Waals surface area (Å²) < 4.78 is 0. The Morgan fingerprint density at radius 2 is 1.77 bits per heavy atom. The number of thiocarbonyl (C=S) groups is 1. The molecule has 5 fully saturated rings. The van der Waals surface area contributed by atoms with E-state index in [1.165, 1.54) is 49.1 Å². The van der Waals surface area contributed by atoms with Crippen LogP contribution in [0.2, 0.25) is 0 Å². The quantitative estimate of drug-likeness (QED) is 0.424. The molecule has 0 spiro atoms. The van der Waals surface area contributed by atoms with Crippen molar-refractivity contribution in [1.82, 2.24) is 4.90 Å². The van der Waals surface area contributed by atoms with Crippen molar-refractivity contribution in [3.8, 4) is 0 Å². The van der Waals surface area contributed by atoms with Crippen LogP contribution in [0.25, 0.3) is 0 Å². The molecule has 4 bridgehead atoms. The van der Waals surface area contributed by atoms with Gasteiger partial charge in [-0.15, -0.1) is 11.6 Å². The highest BCUT2D eigenvalue weighted by Crippen LogP contribution is 2.71. The molecule has 1 aliphatic heterocycles. The first-order valence-corrected chi connectivity index (χ1v) is 13.2. The first kappa shape index (κ1) is 22.2. The highest BCUT2D eigenvalue weighted by molar-refractivity contribution is 7.80. The molecule has 0 amide bonds. The molecule has 3 atom stereocenters. The van der Waals surface area contributed by atoms with Crippen LogP contribution >= 0.6 is 23.8 Å². The van der Waals surface area contributed by atoms with Gasteiger partial charge in [0, 0.05) is 24.5 Å². The molecule has 1 heterocycles. The molecule has 2 N–H and O–H groups in total. The molecular formula is C27H39ClN2S. The van der Waals surface area contributed by atoms with E-state index in [9.17, 15) is 0 Å². The number of rotatable bonds is 4. The summed E-state index contributed by atoms with van der Waals surface area (Å²) >= 11 is 13.9. The average Bonchev–Trinajstić information content (AvgIpc) is 2.74. The van der Waals surface area contributed by atoms with Gasteiger partial charge in [0.1, 0.15) is 0 Å². The number of likely N-dealkylation sites (tertiary alicyclic amines) is 1. The second kappa shape index (κ2) is 7.43. The third kappa shape index (κ3) is 3.32. The van der Waals surface area contributed by atoms with Crippen molar-refractivity contribution in [2.24, 2.45) is 28.4 Å². The lowest BCUT2D eigenvalue weighted by molar-refractivity contribution is -0.0739. The SMILES string of the molecule is CCCC1(Cl)C2CC3(C(=S)N4CC[C@H](N)C(C)(C)C4)CC1CC(c1ccccc1)(C2)C3. The predicted octanol–water partition coefficient (Wildman–Crippen LogP) is 6.30. The molecule has 1 saturated heterocycles. The van der Waals surface area contributed by atoms with E-state index in [1.807, 2.05) is 0 Å². The third-order valence-corrected chi connectivity index (χ3v) is 11.2. The molecule has 2 unspecified atom stereocenters. The van der Waals surface area contributed by atoms with E-state index < -0.39 is 0 Å². The monoisotopic (exact) mass is 458 g/mol. The van der Waals surface area contributed by atoms with E-state index in [1.54, 1.807) is 0 Å². The fourth-order valence-electron chi connectivity index (χ4n) is 8.20. The summed E-state index contributed by atoms with van der Waals surface area (Å²) in [5, 5.41) is 0. The lowest BCUT2D eigenvalue weighted by atomic mass is 9.39. The molecule has 1 aromatic rings. The van der Waals surface area contributed by atoms with Crippen molar-refractivity contribution in [3.05, 3.63) is 35.9 Å². The van der Waals surface area contributed by atoms with Crippen molar-refractivity contribution in [3.63, 3.8) is 0 Å². The number of piperidine rings is 1. The van der Waals surface area contributed by atoms with E-state index in [-0.39, 0.29) is 27.2 Å². The lowest BCUT2D eigenvalue weighted by Crippen LogP contribution is -2.67. The summed E-state index contributed by atoms with van der Waals surface area (Å²) in [6.45, 7) is 8.91. The van der Waals surface area contributed by atoms with Crippen molar-refractivity contribution < 1.29 is 0 Å². The fraction of sp³-hybridized carbons (Fsp3) is 0.741. The number of hydrogen-bond acceptors (Lipinski definition) is 2. The second-order valence-corrected chi connectivity index (χ2v) is 13.2. The molecule has 4 aliphatic carbocycles. The topological polar surface area (TPSA) is 29.3 Å². The minimum atomic E-state index is -0.0317. The Hall–Kier alpha value is -0.640. The molecule has 0 radical (unpaired) electrons. The van der Waals surface area contributed by atoms with Gasteiger partial charge in [-0.05, 0) is 73.2 Å². The third-order valence-electron chi connectivity index (χ3n) is 9.66. The number of nitrogens with zero attached hydrogens (tertiary/aromatic N) is 1. The molecule has 170 valence electrons. The Morgan fingerprint density at radius 3 is 2.35 bits per heavy atom. The van der Waals surface area contributed by atoms with E-state index >= 15 is 0 Å². The van der Waals surface area contributed by atoms with Gasteiger partial charge in [-0.25, -0.2) is 0 Å². The zero-order valence-corrected chi connectivity index (χ0v) is 21.1. The van der Waals surface area contributed by atoms with E-state index in [0.717, 1.165) is 25.9 Å². The maximum atomic E-state index is 7.52. The minimum absolute atomic E-state index is 0.0317. The van der Waals surface area contributed by atoms with Crippen LogP contribution in [0.5, 0.6) is 0 Å². The molecule has 6 rings (SSSR count). The second-order valence-electron chi connectivity index (χ2n) is 12.1. The van der Waals surface area contributed by atoms with Crippen molar-refractivity contribution in [2.75, 3.05) is 13.1 Å². The predicted molar refractivity (Wildman–Crippen MR) is 135 cm³/mol. The number of alkyl halides is 1. The van der Waals surface area contributed by atoms with Gasteiger partial charge in [-0.1, -0.05) is 69.7 Å². The van der Waals surface area contributed by atoms with Gasteiger partial charge in [0.2, 0.25) is 0 Å². The molecule has 0 aromatic heterocycles. The van der Waals surface area contributed by atoms with Gasteiger partial charge in [0.25, 0.3) is 0 Å². The Kier molecular flexibility index (Phi) is 5.32. The zero-order chi connectivity index (χ0) is 22.1. The maximum absolute atomic E-state index is 7.52. The van der Waals surface area contributed by atoms with Crippen molar-refractivity contribution in [1.29, 1.82) is 0 Å². The first-order chi connectivity index (χ1) is 14.6. The number of hydrogen-bond donors (Lipinski definition) is 1. The fourth-order valence-corrected chi connectivity index (χ4v) is 9.09. The van der Waals surface area contributed by atoms with Gasteiger partial charge in [0.15, 0.2) is 0 Å². The van der Waals surface area contributed by atoms with E-state index in [2.05, 4.69) is 56.0 Å². The number of benzene rings is 1. The zero-order valence-electron chi connectivity index (χ0n) is 19.5. The Balaban J connectivity index is 1.52. The van der Waals surface area contributed by atoms with Crippen molar-refractivity contribution >= 4 is 28.8 Å². The standard InChI is InChI=1S/C27H39ClN2S/c1-4-11-27(28)20-13-25(19-8-6-5-7-9-19)14-21(27)16-26(15-20,17-25)23(31)30-12-10-22(29)24(2,3)18-30/h5-9,20-22H,4,10-18,29H2,1-3H3/t20?,21?,22-,25?,26?,27?/m0/s1. The van der Waals surface area contributed by atoms with Crippen LogP contribution < -0.4 is 5.73 Å². The van der Waals surface area contributed by atoms with Gasteiger partial charge in [-0.2, -0.15) is 0 Å². The summed E-state index contributed by atoms with van der Waals surface area (Å²) in [5.41, 5.74) is 8.46. The van der Waals surface area contributed by atoms with Gasteiger partial charge in [0.05, 0.1) is 9.86 Å². The van der Waals surface area contributed by atoms with Crippen LogP contribution in [0.4, 0.5) is 0 Å². The number of halogens is 1. The van der Waals surface area contributed by atoms with Gasteiger partial charge >= 0.3 is 0 Å². The van der Waals surface area contributed by atoms with Crippen LogP contribution in [0.1, 0.15) is 77.7 Å². The minimum Gasteiger partial charge on any atom is -0.365 e. The highest BCUT2D eigenvalue weighted by Gasteiger charge is 2.67. The van der Waals surface area contributed by atoms with E-state index in [0.29, 0.717) is 11.8 Å². The Bertz CT molecular complexity index is 834. The summed E-state index contributed by atoms with van der Waals surface area (Å²) in [5.74, 6) is 1.13. The van der Waals surface area contributed by atoms with Crippen LogP contribution in [0, 0.1) is 22.7 Å². The Labute approximate surface area is 199 Å².